The Morgan fingerprint density at radius 1 is 0.914 bits per heavy atom. The molecule has 3 N–H and O–H groups in total. The van der Waals surface area contributed by atoms with Crippen LogP contribution >= 0.6 is 0 Å². The van der Waals surface area contributed by atoms with Crippen molar-refractivity contribution in [3.05, 3.63) is 106 Å². The standard InChI is InChI=1S/C26H24N4O4S/c1-2-30-26(32)23(25(31)28-17-18-13-15-21(16-14-18)35(27,33)34)22(19-9-5-3-6-10-19)24(29-30)20-11-7-4-8-12-20/h3-16H,2,17H2,1H3,(H,28,31)(H2,27,33,34). The SMILES string of the molecule is CCn1nc(-c2ccccc2)c(-c2ccccc2)c(C(=O)NCc2ccc(S(N)(=O)=O)cc2)c1=O. The summed E-state index contributed by atoms with van der Waals surface area (Å²) in [7, 11) is -3.81. The number of rotatable bonds is 7. The Morgan fingerprint density at radius 2 is 1.49 bits per heavy atom. The van der Waals surface area contributed by atoms with E-state index >= 15 is 0 Å². The van der Waals surface area contributed by atoms with Gasteiger partial charge in [-0.1, -0.05) is 72.8 Å². The van der Waals surface area contributed by atoms with Crippen molar-refractivity contribution in [3.63, 3.8) is 0 Å². The highest BCUT2D eigenvalue weighted by atomic mass is 32.2. The number of primary sulfonamides is 1. The number of amides is 1. The first kappa shape index (κ1) is 24.1. The number of sulfonamides is 1. The van der Waals surface area contributed by atoms with E-state index in [-0.39, 0.29) is 17.0 Å². The Hall–Kier alpha value is -4.08. The van der Waals surface area contributed by atoms with Crippen molar-refractivity contribution in [2.75, 3.05) is 0 Å². The molecular weight excluding hydrogens is 464 g/mol. The van der Waals surface area contributed by atoms with Crippen LogP contribution in [-0.2, 0) is 23.1 Å². The minimum atomic E-state index is -3.81. The lowest BCUT2D eigenvalue weighted by molar-refractivity contribution is 0.0949. The van der Waals surface area contributed by atoms with Crippen molar-refractivity contribution in [2.45, 2.75) is 24.9 Å². The van der Waals surface area contributed by atoms with Crippen LogP contribution in [0.4, 0.5) is 0 Å². The lowest BCUT2D eigenvalue weighted by Crippen LogP contribution is -2.35. The van der Waals surface area contributed by atoms with Gasteiger partial charge in [-0.3, -0.25) is 9.59 Å². The van der Waals surface area contributed by atoms with Gasteiger partial charge in [0.2, 0.25) is 10.0 Å². The molecule has 0 unspecified atom stereocenters. The molecule has 0 spiro atoms. The molecule has 4 rings (SSSR count). The van der Waals surface area contributed by atoms with Crippen LogP contribution in [0.5, 0.6) is 0 Å². The molecule has 0 atom stereocenters. The molecule has 0 bridgehead atoms. The average molecular weight is 489 g/mol. The molecular formula is C26H24N4O4S. The lowest BCUT2D eigenvalue weighted by atomic mass is 9.95. The fraction of sp³-hybridized carbons (Fsp3) is 0.115. The molecule has 35 heavy (non-hydrogen) atoms. The Bertz CT molecular complexity index is 1520. The zero-order chi connectivity index (χ0) is 25.0. The number of aryl methyl sites for hydroxylation is 1. The molecule has 1 amide bonds. The second-order valence-corrected chi connectivity index (χ2v) is 9.38. The maximum absolute atomic E-state index is 13.4. The van der Waals surface area contributed by atoms with E-state index in [1.165, 1.54) is 16.8 Å². The fourth-order valence-electron chi connectivity index (χ4n) is 3.75. The molecule has 0 saturated carbocycles. The molecule has 1 heterocycles. The summed E-state index contributed by atoms with van der Waals surface area (Å²) in [5.41, 5.74) is 2.61. The number of benzene rings is 3. The molecule has 8 nitrogen and oxygen atoms in total. The summed E-state index contributed by atoms with van der Waals surface area (Å²) in [4.78, 5) is 26.8. The van der Waals surface area contributed by atoms with E-state index in [1.54, 1.807) is 19.1 Å². The number of aromatic nitrogens is 2. The summed E-state index contributed by atoms with van der Waals surface area (Å²) < 4.78 is 24.2. The van der Waals surface area contributed by atoms with Gasteiger partial charge in [0, 0.05) is 24.2 Å². The van der Waals surface area contributed by atoms with Gasteiger partial charge < -0.3 is 5.32 Å². The van der Waals surface area contributed by atoms with E-state index in [2.05, 4.69) is 10.4 Å². The van der Waals surface area contributed by atoms with E-state index in [0.29, 0.717) is 28.9 Å². The normalized spacial score (nSPS) is 11.3. The molecule has 0 aliphatic carbocycles. The second kappa shape index (κ2) is 10.0. The molecule has 0 fully saturated rings. The molecule has 9 heteroatoms. The summed E-state index contributed by atoms with van der Waals surface area (Å²) in [6, 6.07) is 24.5. The van der Waals surface area contributed by atoms with Gasteiger partial charge in [-0.05, 0) is 30.2 Å². The van der Waals surface area contributed by atoms with Gasteiger partial charge in [0.1, 0.15) is 5.56 Å². The van der Waals surface area contributed by atoms with E-state index < -0.39 is 21.5 Å². The molecule has 178 valence electrons. The highest BCUT2D eigenvalue weighted by Crippen LogP contribution is 2.32. The van der Waals surface area contributed by atoms with E-state index in [1.807, 2.05) is 60.7 Å². The predicted octanol–water partition coefficient (Wildman–Crippen LogP) is 3.17. The smallest absolute Gasteiger partial charge is 0.280 e. The van der Waals surface area contributed by atoms with Gasteiger partial charge >= 0.3 is 0 Å². The predicted molar refractivity (Wildman–Crippen MR) is 134 cm³/mol. The van der Waals surface area contributed by atoms with Crippen molar-refractivity contribution >= 4 is 15.9 Å². The largest absolute Gasteiger partial charge is 0.348 e. The Kier molecular flexibility index (Phi) is 6.90. The van der Waals surface area contributed by atoms with Crippen LogP contribution in [0, 0.1) is 0 Å². The van der Waals surface area contributed by atoms with Gasteiger partial charge in [-0.25, -0.2) is 18.2 Å². The van der Waals surface area contributed by atoms with Gasteiger partial charge in [0.05, 0.1) is 10.6 Å². The van der Waals surface area contributed by atoms with Crippen molar-refractivity contribution in [3.8, 4) is 22.4 Å². The molecule has 1 aromatic heterocycles. The molecule has 4 aromatic rings. The first-order valence-corrected chi connectivity index (χ1v) is 12.5. The number of hydrogen-bond acceptors (Lipinski definition) is 5. The van der Waals surface area contributed by atoms with E-state index in [4.69, 9.17) is 5.14 Å². The zero-order valence-corrected chi connectivity index (χ0v) is 19.8. The number of nitrogens with one attached hydrogen (secondary N) is 1. The molecule has 0 aliphatic rings. The minimum Gasteiger partial charge on any atom is -0.348 e. The third-order valence-electron chi connectivity index (χ3n) is 5.50. The topological polar surface area (TPSA) is 124 Å². The van der Waals surface area contributed by atoms with Gasteiger partial charge in [0.15, 0.2) is 0 Å². The van der Waals surface area contributed by atoms with Gasteiger partial charge in [-0.2, -0.15) is 5.10 Å². The molecule has 0 aliphatic heterocycles. The zero-order valence-electron chi connectivity index (χ0n) is 19.0. The Balaban J connectivity index is 1.80. The highest BCUT2D eigenvalue weighted by Gasteiger charge is 2.24. The molecule has 3 aromatic carbocycles. The van der Waals surface area contributed by atoms with Crippen molar-refractivity contribution in [1.82, 2.24) is 15.1 Å². The maximum atomic E-state index is 13.4. The van der Waals surface area contributed by atoms with Crippen LogP contribution in [-0.4, -0.2) is 24.1 Å². The third kappa shape index (κ3) is 5.21. The number of nitrogens with zero attached hydrogens (tertiary/aromatic N) is 2. The fourth-order valence-corrected chi connectivity index (χ4v) is 4.26. The minimum absolute atomic E-state index is 0.00643. The van der Waals surface area contributed by atoms with Crippen LogP contribution in [0.1, 0.15) is 22.8 Å². The molecule has 0 saturated heterocycles. The average Bonchev–Trinajstić information content (AvgIpc) is 2.87. The van der Waals surface area contributed by atoms with Crippen LogP contribution < -0.4 is 16.0 Å². The Morgan fingerprint density at radius 3 is 2.03 bits per heavy atom. The van der Waals surface area contributed by atoms with Crippen LogP contribution in [0.3, 0.4) is 0 Å². The summed E-state index contributed by atoms with van der Waals surface area (Å²) >= 11 is 0. The number of carbonyl (C=O) groups excluding carboxylic acids is 1. The lowest BCUT2D eigenvalue weighted by Gasteiger charge is -2.17. The third-order valence-corrected chi connectivity index (χ3v) is 6.43. The van der Waals surface area contributed by atoms with Crippen LogP contribution in [0.2, 0.25) is 0 Å². The van der Waals surface area contributed by atoms with Gasteiger partial charge in [0.25, 0.3) is 11.5 Å². The Labute approximate surface area is 203 Å². The first-order chi connectivity index (χ1) is 16.8. The number of carbonyl (C=O) groups is 1. The quantitative estimate of drug-likeness (QED) is 0.413. The van der Waals surface area contributed by atoms with Crippen LogP contribution in [0.15, 0.2) is 94.6 Å². The highest BCUT2D eigenvalue weighted by molar-refractivity contribution is 7.89. The van der Waals surface area contributed by atoms with Gasteiger partial charge in [-0.15, -0.1) is 0 Å². The molecule has 0 radical (unpaired) electrons. The second-order valence-electron chi connectivity index (χ2n) is 7.82. The summed E-state index contributed by atoms with van der Waals surface area (Å²) in [5.74, 6) is -0.550. The van der Waals surface area contributed by atoms with E-state index in [9.17, 15) is 18.0 Å². The monoisotopic (exact) mass is 488 g/mol. The van der Waals surface area contributed by atoms with Crippen molar-refractivity contribution < 1.29 is 13.2 Å². The maximum Gasteiger partial charge on any atom is 0.280 e. The summed E-state index contributed by atoms with van der Waals surface area (Å²) in [5, 5.41) is 12.5. The van der Waals surface area contributed by atoms with E-state index in [0.717, 1.165) is 5.56 Å². The van der Waals surface area contributed by atoms with Crippen LogP contribution in [0.25, 0.3) is 22.4 Å². The summed E-state index contributed by atoms with van der Waals surface area (Å²) in [6.45, 7) is 2.18. The number of hydrogen-bond donors (Lipinski definition) is 2. The summed E-state index contributed by atoms with van der Waals surface area (Å²) in [6.07, 6.45) is 0. The first-order valence-electron chi connectivity index (χ1n) is 11.0. The number of nitrogens with two attached hydrogens (primary N) is 1. The van der Waals surface area contributed by atoms with Crippen molar-refractivity contribution in [1.29, 1.82) is 0 Å². The van der Waals surface area contributed by atoms with Crippen molar-refractivity contribution in [2.24, 2.45) is 5.14 Å².